The average Bonchev–Trinajstić information content (AvgIpc) is 2.09. The fourth-order valence-electron chi connectivity index (χ4n) is 0.829. The summed E-state index contributed by atoms with van der Waals surface area (Å²) in [6, 6.07) is 0. The highest BCUT2D eigenvalue weighted by molar-refractivity contribution is 8.14. The second-order valence-electron chi connectivity index (χ2n) is 2.42. The number of carbonyl (C=O) groups excluding carboxylic acids is 1. The molecule has 6 heteroatoms. The van der Waals surface area contributed by atoms with Crippen LogP contribution in [0.25, 0.3) is 0 Å². The normalized spacial score (nSPS) is 16.1. The summed E-state index contributed by atoms with van der Waals surface area (Å²) >= 11 is 1.43. The van der Waals surface area contributed by atoms with Crippen LogP contribution in [0.15, 0.2) is 5.10 Å². The number of carbonyl (C=O) groups is 1. The van der Waals surface area contributed by atoms with Crippen LogP contribution in [0.2, 0.25) is 0 Å². The Kier molecular flexibility index (Phi) is 3.75. The zero-order valence-corrected chi connectivity index (χ0v) is 8.19. The van der Waals surface area contributed by atoms with E-state index in [1.54, 1.807) is 6.92 Å². The molecule has 0 fully saturated rings. The van der Waals surface area contributed by atoms with E-state index in [1.165, 1.54) is 11.8 Å². The van der Waals surface area contributed by atoms with Crippen molar-refractivity contribution in [2.24, 2.45) is 10.8 Å². The number of esters is 1. The zero-order chi connectivity index (χ0) is 9.68. The molecule has 1 heterocycles. The highest BCUT2D eigenvalue weighted by atomic mass is 32.2. The van der Waals surface area contributed by atoms with Crippen LogP contribution in [-0.2, 0) is 9.53 Å². The molecule has 0 aliphatic carbocycles. The standard InChI is InChI=1S/C7H11N3O2S/c1-2-12-6(11)3-5-4-13-7(8)10-9-5/h2-4H2,1H3,(H2,8,10)/p+1. The lowest BCUT2D eigenvalue weighted by molar-refractivity contribution is -0.460. The molecule has 0 aromatic heterocycles. The van der Waals surface area contributed by atoms with Crippen LogP contribution in [0, 0.1) is 0 Å². The van der Waals surface area contributed by atoms with E-state index < -0.39 is 0 Å². The average molecular weight is 202 g/mol. The van der Waals surface area contributed by atoms with Crippen molar-refractivity contribution in [3.8, 4) is 0 Å². The molecule has 1 aliphatic rings. The molecule has 0 amide bonds. The largest absolute Gasteiger partial charge is 0.466 e. The van der Waals surface area contributed by atoms with E-state index in [-0.39, 0.29) is 12.4 Å². The molecule has 0 aromatic rings. The number of amidine groups is 1. The molecule has 0 aromatic carbocycles. The molecular formula is C7H12N3O2S+. The molecule has 0 atom stereocenters. The SMILES string of the molecule is CCOC(=O)CC1=N[NH+]=C(N)SC1. The Hall–Kier alpha value is -1.04. The van der Waals surface area contributed by atoms with E-state index in [4.69, 9.17) is 10.5 Å². The van der Waals surface area contributed by atoms with Crippen LogP contribution in [0.4, 0.5) is 0 Å². The molecule has 0 saturated heterocycles. The second kappa shape index (κ2) is 4.86. The molecule has 0 spiro atoms. The fourth-order valence-corrected chi connectivity index (χ4v) is 1.43. The lowest BCUT2D eigenvalue weighted by atomic mass is 10.3. The fraction of sp³-hybridized carbons (Fsp3) is 0.571. The van der Waals surface area contributed by atoms with Gasteiger partial charge in [0.05, 0.1) is 18.7 Å². The van der Waals surface area contributed by atoms with Crippen molar-refractivity contribution in [2.45, 2.75) is 13.3 Å². The summed E-state index contributed by atoms with van der Waals surface area (Å²) in [6.07, 6.45) is 0.237. The number of rotatable bonds is 3. The number of ether oxygens (including phenoxy) is 1. The number of hydrogen-bond acceptors (Lipinski definition) is 5. The first-order valence-electron chi connectivity index (χ1n) is 3.94. The van der Waals surface area contributed by atoms with Crippen LogP contribution >= 0.6 is 11.8 Å². The van der Waals surface area contributed by atoms with Crippen molar-refractivity contribution >= 4 is 28.6 Å². The summed E-state index contributed by atoms with van der Waals surface area (Å²) in [5.41, 5.74) is 6.19. The minimum atomic E-state index is -0.246. The van der Waals surface area contributed by atoms with Gasteiger partial charge in [-0.15, -0.1) is 5.10 Å². The molecule has 0 unspecified atom stereocenters. The first-order valence-corrected chi connectivity index (χ1v) is 4.93. The maximum atomic E-state index is 11.0. The smallest absolute Gasteiger partial charge is 0.327 e. The van der Waals surface area contributed by atoms with E-state index in [1.807, 2.05) is 0 Å². The molecule has 0 bridgehead atoms. The van der Waals surface area contributed by atoms with Crippen molar-refractivity contribution in [3.05, 3.63) is 0 Å². The highest BCUT2D eigenvalue weighted by Crippen LogP contribution is 2.02. The Bertz CT molecular complexity index is 262. The molecule has 0 saturated carbocycles. The van der Waals surface area contributed by atoms with Crippen molar-refractivity contribution in [1.82, 2.24) is 0 Å². The second-order valence-corrected chi connectivity index (χ2v) is 3.44. The van der Waals surface area contributed by atoms with Gasteiger partial charge in [-0.05, 0) is 18.7 Å². The third-order valence-electron chi connectivity index (χ3n) is 1.37. The molecule has 5 nitrogen and oxygen atoms in total. The lowest BCUT2D eigenvalue weighted by Crippen LogP contribution is -2.70. The van der Waals surface area contributed by atoms with Gasteiger partial charge in [0.2, 0.25) is 0 Å². The molecular weight excluding hydrogens is 190 g/mol. The van der Waals surface area contributed by atoms with Crippen LogP contribution in [-0.4, -0.2) is 29.2 Å². The van der Waals surface area contributed by atoms with E-state index >= 15 is 0 Å². The molecule has 1 aliphatic heterocycles. The predicted octanol–water partition coefficient (Wildman–Crippen LogP) is -1.56. The van der Waals surface area contributed by atoms with Gasteiger partial charge in [0, 0.05) is 5.75 Å². The molecule has 3 N–H and O–H groups in total. The summed E-state index contributed by atoms with van der Waals surface area (Å²) < 4.78 is 4.78. The number of nitrogens with two attached hydrogens (primary N) is 1. The van der Waals surface area contributed by atoms with Crippen molar-refractivity contribution in [3.63, 3.8) is 0 Å². The Morgan fingerprint density at radius 1 is 1.85 bits per heavy atom. The van der Waals surface area contributed by atoms with Gasteiger partial charge in [-0.25, -0.2) is 0 Å². The van der Waals surface area contributed by atoms with Gasteiger partial charge in [0.15, 0.2) is 0 Å². The summed E-state index contributed by atoms with van der Waals surface area (Å²) in [6.45, 7) is 2.18. The van der Waals surface area contributed by atoms with Crippen molar-refractivity contribution in [1.29, 1.82) is 0 Å². The van der Waals surface area contributed by atoms with Crippen LogP contribution in [0.5, 0.6) is 0 Å². The van der Waals surface area contributed by atoms with Crippen LogP contribution < -0.4 is 10.8 Å². The van der Waals surface area contributed by atoms with Gasteiger partial charge in [-0.1, -0.05) is 5.10 Å². The van der Waals surface area contributed by atoms with Crippen LogP contribution in [0.1, 0.15) is 13.3 Å². The lowest BCUT2D eigenvalue weighted by Gasteiger charge is -2.05. The number of nitrogens with zero attached hydrogens (tertiary/aromatic N) is 1. The third-order valence-corrected chi connectivity index (χ3v) is 2.25. The number of nitrogens with one attached hydrogen (secondary N) is 1. The number of thioether (sulfide) groups is 1. The third kappa shape index (κ3) is 3.45. The number of hydrogen-bond donors (Lipinski definition) is 2. The summed E-state index contributed by atoms with van der Waals surface area (Å²) in [5, 5.41) is 7.10. The maximum Gasteiger partial charge on any atom is 0.327 e. The van der Waals surface area contributed by atoms with E-state index in [0.717, 1.165) is 5.71 Å². The highest BCUT2D eigenvalue weighted by Gasteiger charge is 2.15. The summed E-state index contributed by atoms with van der Waals surface area (Å²) in [4.78, 5) is 11.0. The Morgan fingerprint density at radius 3 is 3.15 bits per heavy atom. The molecule has 13 heavy (non-hydrogen) atoms. The van der Waals surface area contributed by atoms with Gasteiger partial charge in [-0.3, -0.25) is 10.5 Å². The first-order chi connectivity index (χ1) is 6.22. The van der Waals surface area contributed by atoms with E-state index in [0.29, 0.717) is 17.5 Å². The Balaban J connectivity index is 2.42. The van der Waals surface area contributed by atoms with E-state index in [2.05, 4.69) is 10.2 Å². The van der Waals surface area contributed by atoms with Gasteiger partial charge >= 0.3 is 11.1 Å². The van der Waals surface area contributed by atoms with Gasteiger partial charge < -0.3 is 4.74 Å². The minimum absolute atomic E-state index is 0.237. The monoisotopic (exact) mass is 202 g/mol. The number of hydrazone groups is 1. The quantitative estimate of drug-likeness (QED) is 0.542. The molecule has 1 rings (SSSR count). The topological polar surface area (TPSA) is 78.6 Å². The molecule has 72 valence electrons. The summed E-state index contributed by atoms with van der Waals surface area (Å²) in [7, 11) is 0. The Labute approximate surface area is 80.4 Å². The minimum Gasteiger partial charge on any atom is -0.466 e. The van der Waals surface area contributed by atoms with E-state index in [9.17, 15) is 4.79 Å². The Morgan fingerprint density at radius 2 is 2.62 bits per heavy atom. The zero-order valence-electron chi connectivity index (χ0n) is 7.37. The van der Waals surface area contributed by atoms with Crippen molar-refractivity contribution in [2.75, 3.05) is 12.4 Å². The van der Waals surface area contributed by atoms with Gasteiger partial charge in [-0.2, -0.15) is 0 Å². The van der Waals surface area contributed by atoms with Crippen LogP contribution in [0.3, 0.4) is 0 Å². The van der Waals surface area contributed by atoms with Gasteiger partial charge in [0.25, 0.3) is 0 Å². The molecule has 0 radical (unpaired) electrons. The maximum absolute atomic E-state index is 11.0. The van der Waals surface area contributed by atoms with Crippen molar-refractivity contribution < 1.29 is 14.6 Å². The predicted molar refractivity (Wildman–Crippen MR) is 51.3 cm³/mol. The first kappa shape index (κ1) is 10.0. The van der Waals surface area contributed by atoms with Gasteiger partial charge in [0.1, 0.15) is 0 Å². The summed E-state index contributed by atoms with van der Waals surface area (Å²) in [5.74, 6) is 0.404.